The van der Waals surface area contributed by atoms with E-state index in [1.165, 1.54) is 0 Å². The fraction of sp³-hybridized carbons (Fsp3) is 0.452. The fourth-order valence-corrected chi connectivity index (χ4v) is 4.87. The second-order valence-corrected chi connectivity index (χ2v) is 11.0. The van der Waals surface area contributed by atoms with Gasteiger partial charge < -0.3 is 49.7 Å². The number of aliphatic imine (C=N–C) groups is 1. The van der Waals surface area contributed by atoms with E-state index < -0.39 is 47.8 Å². The molecule has 0 aliphatic carbocycles. The van der Waals surface area contributed by atoms with Crippen LogP contribution < -0.4 is 44.6 Å². The molecule has 0 radical (unpaired) electrons. The van der Waals surface area contributed by atoms with E-state index in [1.54, 1.807) is 36.4 Å². The summed E-state index contributed by atoms with van der Waals surface area (Å²) in [7, 11) is 0. The molecule has 246 valence electrons. The molecule has 0 aliphatic heterocycles. The maximum atomic E-state index is 13.7. The van der Waals surface area contributed by atoms with Gasteiger partial charge in [-0.25, -0.2) is 0 Å². The van der Waals surface area contributed by atoms with Gasteiger partial charge in [-0.15, -0.1) is 0 Å². The highest BCUT2D eigenvalue weighted by Gasteiger charge is 2.30. The average Bonchev–Trinajstić information content (AvgIpc) is 2.98. The number of primary amides is 1. The van der Waals surface area contributed by atoms with Crippen molar-refractivity contribution >= 4 is 29.6 Å². The molecule has 0 heterocycles. The summed E-state index contributed by atoms with van der Waals surface area (Å²) in [5.41, 5.74) is 31.3. The topological polar surface area (TPSA) is 267 Å². The predicted octanol–water partition coefficient (Wildman–Crippen LogP) is -1.15. The average molecular weight is 626 g/mol. The number of hydrogen-bond donors (Lipinski definition) is 9. The van der Waals surface area contributed by atoms with Gasteiger partial charge in [0.05, 0.1) is 6.04 Å². The van der Waals surface area contributed by atoms with Crippen molar-refractivity contribution in [3.05, 3.63) is 64.7 Å². The molecular formula is C31H47N9O5. The predicted molar refractivity (Wildman–Crippen MR) is 173 cm³/mol. The smallest absolute Gasteiger partial charge is 0.243 e. The third-order valence-corrected chi connectivity index (χ3v) is 7.29. The number of hydrogen-bond acceptors (Lipinski definition) is 8. The second kappa shape index (κ2) is 18.2. The lowest BCUT2D eigenvalue weighted by Crippen LogP contribution is -2.58. The number of aryl methyl sites for hydroxylation is 2. The number of benzene rings is 2. The number of phenolic OH excluding ortho intramolecular Hbond substituents is 1. The molecule has 2 rings (SSSR count). The Morgan fingerprint density at radius 1 is 0.800 bits per heavy atom. The van der Waals surface area contributed by atoms with Gasteiger partial charge in [-0.3, -0.25) is 24.2 Å². The zero-order valence-corrected chi connectivity index (χ0v) is 25.9. The Balaban J connectivity index is 2.28. The second-order valence-electron chi connectivity index (χ2n) is 11.0. The van der Waals surface area contributed by atoms with Gasteiger partial charge in [0.15, 0.2) is 5.96 Å². The van der Waals surface area contributed by atoms with E-state index in [2.05, 4.69) is 20.9 Å². The highest BCUT2D eigenvalue weighted by atomic mass is 16.3. The van der Waals surface area contributed by atoms with Crippen LogP contribution >= 0.6 is 0 Å². The number of aromatic hydroxyl groups is 1. The van der Waals surface area contributed by atoms with Crippen molar-refractivity contribution in [2.24, 2.45) is 33.7 Å². The fourth-order valence-electron chi connectivity index (χ4n) is 4.87. The molecule has 0 aromatic heterocycles. The van der Waals surface area contributed by atoms with Crippen LogP contribution in [0.2, 0.25) is 0 Å². The van der Waals surface area contributed by atoms with Crippen LogP contribution in [0.25, 0.3) is 0 Å². The molecule has 14 nitrogen and oxygen atoms in total. The number of nitrogens with zero attached hydrogens (tertiary/aromatic N) is 1. The summed E-state index contributed by atoms with van der Waals surface area (Å²) in [4.78, 5) is 56.3. The SMILES string of the molecule is Cc1cc(O)cc(C)c1C[C@H](N)C(=O)N[C@@H](CCCN=C(N)N)C(=O)N[C@@H](Cc1ccccc1)C(=O)N[C@@H](CCCN)C(N)=O. The summed E-state index contributed by atoms with van der Waals surface area (Å²) in [6.45, 7) is 4.13. The van der Waals surface area contributed by atoms with Gasteiger partial charge in [0.2, 0.25) is 23.6 Å². The van der Waals surface area contributed by atoms with Crippen LogP contribution in [0.1, 0.15) is 47.9 Å². The number of carbonyl (C=O) groups excluding carboxylic acids is 4. The quantitative estimate of drug-likeness (QED) is 0.0549. The first-order chi connectivity index (χ1) is 21.3. The summed E-state index contributed by atoms with van der Waals surface area (Å²) in [6.07, 6.45) is 1.44. The van der Waals surface area contributed by atoms with Gasteiger partial charge in [-0.05, 0) is 86.9 Å². The number of carbonyl (C=O) groups is 4. The number of rotatable bonds is 18. The lowest BCUT2D eigenvalue weighted by molar-refractivity contribution is -0.133. The first-order valence-corrected chi connectivity index (χ1v) is 14.9. The molecule has 2 aromatic rings. The van der Waals surface area contributed by atoms with E-state index >= 15 is 0 Å². The van der Waals surface area contributed by atoms with Crippen molar-refractivity contribution in [2.75, 3.05) is 13.1 Å². The molecule has 0 fully saturated rings. The Morgan fingerprint density at radius 3 is 1.93 bits per heavy atom. The van der Waals surface area contributed by atoms with E-state index in [-0.39, 0.29) is 43.9 Å². The molecule has 4 amide bonds. The summed E-state index contributed by atoms with van der Waals surface area (Å²) in [6, 6.07) is 8.00. The van der Waals surface area contributed by atoms with E-state index in [0.29, 0.717) is 19.4 Å². The Kier molecular flexibility index (Phi) is 14.8. The standard InChI is InChI=1S/C31H47N9O5/c1-18-14-21(41)15-19(2)22(18)17-23(33)28(43)39-25(11-7-13-37-31(35)36)29(44)40-26(16-20-8-4-3-5-9-20)30(45)38-24(27(34)42)10-6-12-32/h3-5,8-9,14-15,23-26,41H,6-7,10-13,16-17,32-33H2,1-2H3,(H2,34,42)(H,38,45)(H,39,43)(H,40,44)(H4,35,36,37)/t23-,24-,25-,26-/m0/s1. The number of nitrogens with one attached hydrogen (secondary N) is 3. The molecule has 0 unspecified atom stereocenters. The molecule has 14 heteroatoms. The maximum Gasteiger partial charge on any atom is 0.243 e. The first-order valence-electron chi connectivity index (χ1n) is 14.9. The molecule has 0 bridgehead atoms. The Morgan fingerprint density at radius 2 is 1.36 bits per heavy atom. The minimum atomic E-state index is -1.10. The van der Waals surface area contributed by atoms with Crippen molar-refractivity contribution in [3.8, 4) is 5.75 Å². The largest absolute Gasteiger partial charge is 0.508 e. The minimum absolute atomic E-state index is 0.106. The zero-order valence-electron chi connectivity index (χ0n) is 25.9. The molecule has 4 atom stereocenters. The van der Waals surface area contributed by atoms with Crippen LogP contribution in [0.4, 0.5) is 0 Å². The summed E-state index contributed by atoms with van der Waals surface area (Å²) < 4.78 is 0. The van der Waals surface area contributed by atoms with Crippen molar-refractivity contribution < 1.29 is 24.3 Å². The van der Waals surface area contributed by atoms with Gasteiger partial charge in [0.1, 0.15) is 23.9 Å². The number of nitrogens with two attached hydrogens (primary N) is 5. The molecule has 0 saturated heterocycles. The van der Waals surface area contributed by atoms with Crippen LogP contribution in [-0.4, -0.2) is 72.0 Å². The van der Waals surface area contributed by atoms with E-state index in [1.807, 2.05) is 19.9 Å². The molecule has 0 spiro atoms. The molecule has 45 heavy (non-hydrogen) atoms. The maximum absolute atomic E-state index is 13.7. The monoisotopic (exact) mass is 625 g/mol. The molecule has 14 N–H and O–H groups in total. The van der Waals surface area contributed by atoms with E-state index in [4.69, 9.17) is 28.7 Å². The molecule has 0 saturated carbocycles. The van der Waals surface area contributed by atoms with Crippen molar-refractivity contribution in [1.29, 1.82) is 0 Å². The van der Waals surface area contributed by atoms with Gasteiger partial charge in [0, 0.05) is 13.0 Å². The number of amides is 4. The first kappa shape index (κ1) is 36.5. The minimum Gasteiger partial charge on any atom is -0.508 e. The third-order valence-electron chi connectivity index (χ3n) is 7.29. The number of guanidine groups is 1. The number of phenols is 1. The third kappa shape index (κ3) is 12.4. The van der Waals surface area contributed by atoms with Crippen LogP contribution in [0.3, 0.4) is 0 Å². The van der Waals surface area contributed by atoms with Gasteiger partial charge in [-0.2, -0.15) is 0 Å². The van der Waals surface area contributed by atoms with Crippen LogP contribution in [-0.2, 0) is 32.0 Å². The summed E-state index contributed by atoms with van der Waals surface area (Å²) in [5.74, 6) is -2.55. The summed E-state index contributed by atoms with van der Waals surface area (Å²) in [5, 5.41) is 17.9. The van der Waals surface area contributed by atoms with Crippen LogP contribution in [0, 0.1) is 13.8 Å². The zero-order chi connectivity index (χ0) is 33.5. The Bertz CT molecular complexity index is 1310. The molecule has 0 aliphatic rings. The van der Waals surface area contributed by atoms with Crippen LogP contribution in [0.15, 0.2) is 47.5 Å². The molecular weight excluding hydrogens is 578 g/mol. The van der Waals surface area contributed by atoms with Gasteiger partial charge in [-0.1, -0.05) is 30.3 Å². The Hall–Kier alpha value is -4.69. The van der Waals surface area contributed by atoms with Crippen molar-refractivity contribution in [1.82, 2.24) is 16.0 Å². The summed E-state index contributed by atoms with van der Waals surface area (Å²) >= 11 is 0. The Labute approximate surface area is 263 Å². The lowest BCUT2D eigenvalue weighted by Gasteiger charge is -2.26. The van der Waals surface area contributed by atoms with E-state index in [0.717, 1.165) is 22.3 Å². The highest BCUT2D eigenvalue weighted by molar-refractivity contribution is 5.94. The lowest BCUT2D eigenvalue weighted by atomic mass is 9.95. The normalized spacial score (nSPS) is 13.5. The van der Waals surface area contributed by atoms with Crippen LogP contribution in [0.5, 0.6) is 5.75 Å². The van der Waals surface area contributed by atoms with E-state index in [9.17, 15) is 24.3 Å². The molecule has 2 aromatic carbocycles. The van der Waals surface area contributed by atoms with Crippen molar-refractivity contribution in [2.45, 2.75) is 76.5 Å². The highest BCUT2D eigenvalue weighted by Crippen LogP contribution is 2.22. The van der Waals surface area contributed by atoms with Crippen molar-refractivity contribution in [3.63, 3.8) is 0 Å². The van der Waals surface area contributed by atoms with Gasteiger partial charge in [0.25, 0.3) is 0 Å². The van der Waals surface area contributed by atoms with Gasteiger partial charge >= 0.3 is 0 Å².